The van der Waals surface area contributed by atoms with Crippen LogP contribution < -0.4 is 46.0 Å². The Morgan fingerprint density at radius 2 is 0.550 bits per heavy atom. The number of carbonyl (C=O) groups excluding carboxylic acids is 5. The van der Waals surface area contributed by atoms with Gasteiger partial charge in [0.05, 0.1) is 0 Å². The lowest BCUT2D eigenvalue weighted by atomic mass is 9.99. The van der Waals surface area contributed by atoms with Crippen LogP contribution in [0.4, 0.5) is 0 Å². The lowest BCUT2D eigenvalue weighted by molar-refractivity contribution is -0.169. The zero-order valence-electron chi connectivity index (χ0n) is 57.0. The van der Waals surface area contributed by atoms with E-state index in [1.807, 2.05) is 12.1 Å². The molecule has 20 heteroatoms. The maximum atomic E-state index is 14.9. The fraction of sp³-hybridized carbons (Fsp3) is 0.250. The third kappa shape index (κ3) is 18.6. The number of aryl methyl sites for hydroxylation is 6. The molecule has 0 unspecified atom stereocenters. The minimum atomic E-state index is -3.83. The van der Waals surface area contributed by atoms with Crippen LogP contribution in [0.25, 0.3) is 0 Å². The molecule has 0 bridgehead atoms. The second-order valence-electron chi connectivity index (χ2n) is 23.5. The molecule has 0 aliphatic heterocycles. The van der Waals surface area contributed by atoms with Gasteiger partial charge in [-0.2, -0.15) is 0 Å². The minimum absolute atomic E-state index is 0. The van der Waals surface area contributed by atoms with E-state index in [1.54, 1.807) is 250 Å². The summed E-state index contributed by atoms with van der Waals surface area (Å²) in [5.41, 5.74) is 4.38. The normalized spacial score (nSPS) is 11.1. The average Bonchev–Trinajstić information content (AvgIpc) is 0.764. The molecule has 0 heterocycles. The van der Waals surface area contributed by atoms with E-state index in [9.17, 15) is 42.5 Å². The van der Waals surface area contributed by atoms with Crippen LogP contribution in [0.5, 0.6) is 17.2 Å². The summed E-state index contributed by atoms with van der Waals surface area (Å²) >= 11 is 0. The Balaban J connectivity index is 0.000000334. The first kappa shape index (κ1) is 79.4. The Labute approximate surface area is 585 Å². The second-order valence-corrected chi connectivity index (χ2v) is 31.5. The zero-order valence-corrected chi connectivity index (χ0v) is 59.7. The van der Waals surface area contributed by atoms with E-state index < -0.39 is 82.5 Å². The third-order valence-corrected chi connectivity index (χ3v) is 25.0. The highest BCUT2D eigenvalue weighted by molar-refractivity contribution is 7.94. The first-order chi connectivity index (χ1) is 47.4. The molecule has 0 aliphatic carbocycles. The smallest absolute Gasteiger partial charge is 0.347 e. The SMILES string of the molecule is C.Cc1cc(C)c(C(=O)P(=O)(c2ccccc2)c2ccccc2)c(C)c1OCC(=O)O.Cc1cc(C)c(C(=O)P(=O)(c2ccccc2)c2ccccc2)c(C)c1OCC(=O)OCOC(=O)COc1c(C)cc(C)c(C(=O)P(=O)(c2ccccc2)c2ccccc2)c1C.OCCCCCCO. The lowest BCUT2D eigenvalue weighted by Crippen LogP contribution is -2.24. The number of carbonyl (C=O) groups is 6. The van der Waals surface area contributed by atoms with Gasteiger partial charge in [-0.05, 0) is 109 Å². The highest BCUT2D eigenvalue weighted by atomic mass is 31.2. The van der Waals surface area contributed by atoms with Crippen LogP contribution in [0.15, 0.2) is 200 Å². The highest BCUT2D eigenvalue weighted by Crippen LogP contribution is 2.52. The molecule has 0 radical (unpaired) electrons. The van der Waals surface area contributed by atoms with Gasteiger partial charge in [-0.25, -0.2) is 14.4 Å². The van der Waals surface area contributed by atoms with Crippen molar-refractivity contribution in [2.24, 2.45) is 0 Å². The van der Waals surface area contributed by atoms with E-state index in [0.717, 1.165) is 31.2 Å². The van der Waals surface area contributed by atoms with Crippen molar-refractivity contribution in [1.29, 1.82) is 0 Å². The molecule has 0 amide bonds. The van der Waals surface area contributed by atoms with Crippen LogP contribution in [0.1, 0.15) is 114 Å². The fourth-order valence-corrected chi connectivity index (χ4v) is 19.7. The predicted molar refractivity (Wildman–Crippen MR) is 395 cm³/mol. The molecular formula is C80H87O17P3. The van der Waals surface area contributed by atoms with Crippen molar-refractivity contribution >= 4 is 87.7 Å². The molecule has 0 fully saturated rings. The highest BCUT2D eigenvalue weighted by Gasteiger charge is 2.42. The van der Waals surface area contributed by atoms with Gasteiger partial charge in [0.2, 0.25) is 44.8 Å². The van der Waals surface area contributed by atoms with Gasteiger partial charge in [-0.1, -0.05) is 220 Å². The summed E-state index contributed by atoms with van der Waals surface area (Å²) in [6.07, 6.45) is 3.83. The van der Waals surface area contributed by atoms with Crippen molar-refractivity contribution in [3.63, 3.8) is 0 Å². The molecule has 9 aromatic rings. The molecule has 9 rings (SSSR count). The lowest BCUT2D eigenvalue weighted by Gasteiger charge is -2.22. The first-order valence-electron chi connectivity index (χ1n) is 32.1. The maximum absolute atomic E-state index is 14.9. The van der Waals surface area contributed by atoms with Gasteiger partial charge in [0, 0.05) is 78.4 Å². The Morgan fingerprint density at radius 3 is 0.760 bits per heavy atom. The van der Waals surface area contributed by atoms with Gasteiger partial charge < -0.3 is 52.7 Å². The fourth-order valence-electron chi connectivity index (χ4n) is 11.8. The average molecular weight is 1410 g/mol. The monoisotopic (exact) mass is 1410 g/mol. The molecule has 9 aromatic carbocycles. The summed E-state index contributed by atoms with van der Waals surface area (Å²) in [6, 6.07) is 57.2. The van der Waals surface area contributed by atoms with Crippen LogP contribution in [0, 0.1) is 62.3 Å². The zero-order chi connectivity index (χ0) is 72.0. The standard InChI is InChI=1S/C49H46O10P2.C24H23O5P.C6H14O2.CH4/c1-32-27-34(3)46(36(5)44(32)48(52)60(54,38-19-11-7-12-20-38)39-21-13-8-14-22-39)56-29-42(50)58-31-59-43(51)30-57-47-35(4)28-33(2)45(37(47)6)49(53)61(55,40-23-15-9-16-24-40)41-25-17-10-18-26-41;1-16-14-17(2)23(29-15-21(25)26)18(3)22(16)24(27)30(28,19-10-6-4-7-11-19)20-12-8-5-9-13-20;7-5-3-1-2-4-6-8;/h7-28H,29-31H2,1-6H3;4-14H,15H2,1-3H3,(H,25,26);7-8H,1-6H2;1H4. The van der Waals surface area contributed by atoms with E-state index in [2.05, 4.69) is 0 Å². The van der Waals surface area contributed by atoms with Gasteiger partial charge in [0.15, 0.2) is 19.8 Å². The number of unbranched alkanes of at least 4 members (excludes halogenated alkanes) is 3. The van der Waals surface area contributed by atoms with E-state index in [-0.39, 0.29) is 43.3 Å². The number of esters is 2. The Hall–Kier alpha value is -9.59. The number of hydrogen-bond donors (Lipinski definition) is 3. The Bertz CT molecular complexity index is 4150. The number of carboxylic acids is 1. The molecule has 0 saturated carbocycles. The quantitative estimate of drug-likeness (QED) is 0.0178. The molecule has 0 atom stereocenters. The summed E-state index contributed by atoms with van der Waals surface area (Å²) in [7, 11) is -11.3. The number of aliphatic hydroxyl groups is 2. The third-order valence-electron chi connectivity index (χ3n) is 16.4. The summed E-state index contributed by atoms with van der Waals surface area (Å²) in [4.78, 5) is 79.2. The summed E-state index contributed by atoms with van der Waals surface area (Å²) in [5, 5.41) is 28.1. The van der Waals surface area contributed by atoms with Gasteiger partial charge in [0.25, 0.3) is 0 Å². The molecule has 0 aromatic heterocycles. The molecule has 3 N–H and O–H groups in total. The molecule has 17 nitrogen and oxygen atoms in total. The van der Waals surface area contributed by atoms with Gasteiger partial charge in [-0.3, -0.25) is 14.4 Å². The van der Waals surface area contributed by atoms with Crippen molar-refractivity contribution < 1.29 is 81.5 Å². The molecule has 100 heavy (non-hydrogen) atoms. The number of hydrogen-bond acceptors (Lipinski definition) is 16. The van der Waals surface area contributed by atoms with E-state index in [1.165, 1.54) is 0 Å². The van der Waals surface area contributed by atoms with Gasteiger partial charge in [-0.15, -0.1) is 0 Å². The van der Waals surface area contributed by atoms with E-state index >= 15 is 0 Å². The van der Waals surface area contributed by atoms with E-state index in [4.69, 9.17) is 39.0 Å². The summed E-state index contributed by atoms with van der Waals surface area (Å²) < 4.78 is 71.6. The van der Waals surface area contributed by atoms with Crippen molar-refractivity contribution in [2.45, 2.75) is 95.4 Å². The number of ether oxygens (including phenoxy) is 5. The molecule has 0 saturated heterocycles. The predicted octanol–water partition coefficient (Wildman–Crippen LogP) is 13.7. The molecule has 524 valence electrons. The minimum Gasteiger partial charge on any atom is -0.481 e. The van der Waals surface area contributed by atoms with Crippen LogP contribution in [-0.2, 0) is 37.6 Å². The van der Waals surface area contributed by atoms with Crippen LogP contribution in [0.2, 0.25) is 0 Å². The summed E-state index contributed by atoms with van der Waals surface area (Å²) in [6.45, 7) is 13.9. The number of benzene rings is 9. The number of carboxylic acid groups (broad SMARTS) is 1. The second kappa shape index (κ2) is 37.0. The van der Waals surface area contributed by atoms with Crippen molar-refractivity contribution in [1.82, 2.24) is 0 Å². The van der Waals surface area contributed by atoms with Crippen LogP contribution >= 0.6 is 21.4 Å². The van der Waals surface area contributed by atoms with E-state index in [0.29, 0.717) is 87.6 Å². The number of aliphatic carboxylic acids is 1. The number of rotatable bonds is 28. The molecular weight excluding hydrogens is 1330 g/mol. The summed E-state index contributed by atoms with van der Waals surface area (Å²) in [5.74, 6) is -1.96. The largest absolute Gasteiger partial charge is 0.481 e. The molecule has 0 aliphatic rings. The topological polar surface area (TPSA) is 260 Å². The molecule has 0 spiro atoms. The number of aliphatic hydroxyl groups excluding tert-OH is 2. The van der Waals surface area contributed by atoms with Crippen LogP contribution in [-0.4, -0.2) is 89.6 Å². The van der Waals surface area contributed by atoms with Crippen LogP contribution in [0.3, 0.4) is 0 Å². The van der Waals surface area contributed by atoms with Gasteiger partial charge in [0.1, 0.15) is 17.2 Å². The first-order valence-corrected chi connectivity index (χ1v) is 37.2. The van der Waals surface area contributed by atoms with Crippen molar-refractivity contribution in [3.05, 3.63) is 267 Å². The Morgan fingerprint density at radius 1 is 0.330 bits per heavy atom. The van der Waals surface area contributed by atoms with Crippen molar-refractivity contribution in [3.8, 4) is 17.2 Å². The van der Waals surface area contributed by atoms with Crippen molar-refractivity contribution in [2.75, 3.05) is 39.8 Å². The maximum Gasteiger partial charge on any atom is 0.347 e. The Kier molecular flexibility index (Phi) is 29.4. The van der Waals surface area contributed by atoms with Gasteiger partial charge >= 0.3 is 17.9 Å².